The van der Waals surface area contributed by atoms with Crippen molar-refractivity contribution < 1.29 is 4.79 Å². The highest BCUT2D eigenvalue weighted by Gasteiger charge is 2.25. The number of fused-ring (bicyclic) bond motifs is 1. The minimum absolute atomic E-state index is 0.134. The van der Waals surface area contributed by atoms with Crippen molar-refractivity contribution in [3.8, 4) is 0 Å². The van der Waals surface area contributed by atoms with Gasteiger partial charge in [0.15, 0.2) is 0 Å². The van der Waals surface area contributed by atoms with Crippen molar-refractivity contribution in [3.05, 3.63) is 39.9 Å². The summed E-state index contributed by atoms with van der Waals surface area (Å²) < 4.78 is 1.18. The predicted molar refractivity (Wildman–Crippen MR) is 92.6 cm³/mol. The van der Waals surface area contributed by atoms with E-state index in [4.69, 9.17) is 16.6 Å². The van der Waals surface area contributed by atoms with E-state index in [9.17, 15) is 4.79 Å². The average Bonchev–Trinajstić information content (AvgIpc) is 2.89. The number of hydrogen-bond donors (Lipinski definition) is 0. The molecule has 5 heteroatoms. The molecule has 1 aromatic heterocycles. The van der Waals surface area contributed by atoms with Crippen LogP contribution < -0.4 is 0 Å². The standard InChI is InChI=1S/C17H19ClN2OS/c1-11(2)9-16(21)20-7-5-12(6-8-20)17-19-14-10-13(18)3-4-15(14)22-17/h3-4,9-10,12H,5-8H2,1-2H3. The van der Waals surface area contributed by atoms with Gasteiger partial charge < -0.3 is 4.90 Å². The summed E-state index contributed by atoms with van der Waals surface area (Å²) in [6.07, 6.45) is 3.69. The van der Waals surface area contributed by atoms with Gasteiger partial charge in [-0.25, -0.2) is 4.98 Å². The van der Waals surface area contributed by atoms with E-state index >= 15 is 0 Å². The Hall–Kier alpha value is -1.39. The highest BCUT2D eigenvalue weighted by Crippen LogP contribution is 2.34. The van der Waals surface area contributed by atoms with Gasteiger partial charge in [0, 0.05) is 30.1 Å². The second-order valence-electron chi connectivity index (χ2n) is 5.99. The first kappa shape index (κ1) is 15.5. The summed E-state index contributed by atoms with van der Waals surface area (Å²) in [7, 11) is 0. The second kappa shape index (κ2) is 6.39. The van der Waals surface area contributed by atoms with Crippen molar-refractivity contribution in [1.82, 2.24) is 9.88 Å². The molecule has 1 saturated heterocycles. The molecule has 0 spiro atoms. The molecular weight excluding hydrogens is 316 g/mol. The van der Waals surface area contributed by atoms with Gasteiger partial charge in [-0.15, -0.1) is 11.3 Å². The first-order valence-electron chi connectivity index (χ1n) is 7.53. The van der Waals surface area contributed by atoms with Crippen LogP contribution in [0, 0.1) is 0 Å². The van der Waals surface area contributed by atoms with E-state index in [0.717, 1.165) is 42.0 Å². The van der Waals surface area contributed by atoms with Crippen molar-refractivity contribution >= 4 is 39.1 Å². The summed E-state index contributed by atoms with van der Waals surface area (Å²) in [5.41, 5.74) is 2.03. The first-order valence-corrected chi connectivity index (χ1v) is 8.72. The molecule has 1 fully saturated rings. The van der Waals surface area contributed by atoms with Gasteiger partial charge in [-0.05, 0) is 44.9 Å². The van der Waals surface area contributed by atoms with Gasteiger partial charge in [0.2, 0.25) is 5.91 Å². The van der Waals surface area contributed by atoms with Gasteiger partial charge in [0.05, 0.1) is 15.2 Å². The van der Waals surface area contributed by atoms with Crippen LogP contribution in [0.15, 0.2) is 29.8 Å². The molecule has 0 N–H and O–H groups in total. The molecule has 1 amide bonds. The lowest BCUT2D eigenvalue weighted by molar-refractivity contribution is -0.127. The third-order valence-corrected chi connectivity index (χ3v) is 5.37. The fourth-order valence-corrected chi connectivity index (χ4v) is 4.06. The molecule has 1 aromatic carbocycles. The Kier molecular flexibility index (Phi) is 4.50. The number of allylic oxidation sites excluding steroid dienone is 1. The second-order valence-corrected chi connectivity index (χ2v) is 7.48. The number of benzene rings is 1. The molecular formula is C17H19ClN2OS. The number of carbonyl (C=O) groups is 1. The lowest BCUT2D eigenvalue weighted by Crippen LogP contribution is -2.37. The minimum Gasteiger partial charge on any atom is -0.339 e. The van der Waals surface area contributed by atoms with Crippen LogP contribution in [0.1, 0.15) is 37.6 Å². The van der Waals surface area contributed by atoms with Crippen LogP contribution >= 0.6 is 22.9 Å². The SMILES string of the molecule is CC(C)=CC(=O)N1CCC(c2nc3cc(Cl)ccc3s2)CC1. The molecule has 0 aliphatic carbocycles. The van der Waals surface area contributed by atoms with E-state index in [0.29, 0.717) is 5.92 Å². The van der Waals surface area contributed by atoms with Gasteiger partial charge >= 0.3 is 0 Å². The molecule has 0 radical (unpaired) electrons. The molecule has 3 nitrogen and oxygen atoms in total. The number of nitrogens with zero attached hydrogens (tertiary/aromatic N) is 2. The first-order chi connectivity index (χ1) is 10.5. The Morgan fingerprint density at radius 3 is 2.77 bits per heavy atom. The Morgan fingerprint density at radius 1 is 1.36 bits per heavy atom. The number of thiazole rings is 1. The zero-order valence-electron chi connectivity index (χ0n) is 12.8. The van der Waals surface area contributed by atoms with Crippen LogP contribution in [0.2, 0.25) is 5.02 Å². The monoisotopic (exact) mass is 334 g/mol. The molecule has 2 heterocycles. The number of piperidine rings is 1. The van der Waals surface area contributed by atoms with Crippen molar-refractivity contribution in [2.45, 2.75) is 32.6 Å². The zero-order valence-corrected chi connectivity index (χ0v) is 14.4. The maximum Gasteiger partial charge on any atom is 0.246 e. The van der Waals surface area contributed by atoms with Crippen LogP contribution in [0.25, 0.3) is 10.2 Å². The van der Waals surface area contributed by atoms with Crippen LogP contribution in [0.4, 0.5) is 0 Å². The van der Waals surface area contributed by atoms with Gasteiger partial charge in [0.25, 0.3) is 0 Å². The predicted octanol–water partition coefficient (Wildman–Crippen LogP) is 4.62. The number of halogens is 1. The van der Waals surface area contributed by atoms with Gasteiger partial charge in [0.1, 0.15) is 0 Å². The average molecular weight is 335 g/mol. The van der Waals surface area contributed by atoms with E-state index < -0.39 is 0 Å². The summed E-state index contributed by atoms with van der Waals surface area (Å²) in [6, 6.07) is 5.86. The highest BCUT2D eigenvalue weighted by molar-refractivity contribution is 7.18. The molecule has 1 aliphatic heterocycles. The van der Waals surface area contributed by atoms with Crippen molar-refractivity contribution in [2.24, 2.45) is 0 Å². The molecule has 2 aromatic rings. The van der Waals surface area contributed by atoms with Crippen molar-refractivity contribution in [3.63, 3.8) is 0 Å². The summed E-state index contributed by atoms with van der Waals surface area (Å²) in [5.74, 6) is 0.585. The van der Waals surface area contributed by atoms with E-state index in [1.165, 1.54) is 9.71 Å². The molecule has 116 valence electrons. The smallest absolute Gasteiger partial charge is 0.246 e. The van der Waals surface area contributed by atoms with E-state index in [-0.39, 0.29) is 5.91 Å². The Bertz CT molecular complexity index is 725. The number of carbonyl (C=O) groups excluding carboxylic acids is 1. The third kappa shape index (κ3) is 3.33. The molecule has 0 unspecified atom stereocenters. The largest absolute Gasteiger partial charge is 0.339 e. The third-order valence-electron chi connectivity index (χ3n) is 3.93. The van der Waals surface area contributed by atoms with Crippen LogP contribution in [0.5, 0.6) is 0 Å². The summed E-state index contributed by atoms with van der Waals surface area (Å²) >= 11 is 7.77. The Balaban J connectivity index is 1.70. The zero-order chi connectivity index (χ0) is 15.7. The Morgan fingerprint density at radius 2 is 2.09 bits per heavy atom. The fraction of sp³-hybridized carbons (Fsp3) is 0.412. The molecule has 1 aliphatic rings. The van der Waals surface area contributed by atoms with Crippen LogP contribution in [-0.4, -0.2) is 28.9 Å². The highest BCUT2D eigenvalue weighted by atomic mass is 35.5. The van der Waals surface area contributed by atoms with Crippen molar-refractivity contribution in [2.75, 3.05) is 13.1 Å². The number of likely N-dealkylation sites (tertiary alicyclic amines) is 1. The number of hydrogen-bond acceptors (Lipinski definition) is 3. The summed E-state index contributed by atoms with van der Waals surface area (Å²) in [6.45, 7) is 5.53. The number of rotatable bonds is 2. The van der Waals surface area contributed by atoms with E-state index in [1.807, 2.05) is 36.9 Å². The summed E-state index contributed by atoms with van der Waals surface area (Å²) in [5, 5.41) is 1.90. The minimum atomic E-state index is 0.134. The Labute approximate surface area is 139 Å². The number of aromatic nitrogens is 1. The number of amides is 1. The quantitative estimate of drug-likeness (QED) is 0.751. The van der Waals surface area contributed by atoms with E-state index in [2.05, 4.69) is 0 Å². The topological polar surface area (TPSA) is 33.2 Å². The van der Waals surface area contributed by atoms with Gasteiger partial charge in [-0.2, -0.15) is 0 Å². The molecule has 0 atom stereocenters. The van der Waals surface area contributed by atoms with Crippen LogP contribution in [-0.2, 0) is 4.79 Å². The van der Waals surface area contributed by atoms with E-state index in [1.54, 1.807) is 17.4 Å². The normalized spacial score (nSPS) is 16.0. The van der Waals surface area contributed by atoms with Crippen molar-refractivity contribution in [1.29, 1.82) is 0 Å². The maximum absolute atomic E-state index is 12.1. The molecule has 22 heavy (non-hydrogen) atoms. The van der Waals surface area contributed by atoms with Crippen LogP contribution in [0.3, 0.4) is 0 Å². The molecule has 0 bridgehead atoms. The molecule has 0 saturated carbocycles. The summed E-state index contributed by atoms with van der Waals surface area (Å²) in [4.78, 5) is 18.7. The van der Waals surface area contributed by atoms with Gasteiger partial charge in [-0.1, -0.05) is 17.2 Å². The lowest BCUT2D eigenvalue weighted by Gasteiger charge is -2.30. The maximum atomic E-state index is 12.1. The van der Waals surface area contributed by atoms with Gasteiger partial charge in [-0.3, -0.25) is 4.79 Å². The fourth-order valence-electron chi connectivity index (χ4n) is 2.78. The lowest BCUT2D eigenvalue weighted by atomic mass is 9.97. The molecule has 3 rings (SSSR count).